The van der Waals surface area contributed by atoms with Crippen LogP contribution in [0.25, 0.3) is 0 Å². The number of rotatable bonds is 3. The minimum atomic E-state index is -4.92. The van der Waals surface area contributed by atoms with Crippen LogP contribution in [0.15, 0.2) is 0 Å². The number of hydrogen-bond donors (Lipinski definition) is 0. The van der Waals surface area contributed by atoms with E-state index in [0.29, 0.717) is 0 Å². The summed E-state index contributed by atoms with van der Waals surface area (Å²) in [7, 11) is 0. The van der Waals surface area contributed by atoms with Gasteiger partial charge in [-0.2, -0.15) is 8.78 Å². The van der Waals surface area contributed by atoms with Crippen molar-refractivity contribution in [1.29, 1.82) is 0 Å². The predicted molar refractivity (Wildman–Crippen MR) is 21.0 cm³/mol. The summed E-state index contributed by atoms with van der Waals surface area (Å²) in [5.74, 6) is 0. The third kappa shape index (κ3) is 6.58. The summed E-state index contributed by atoms with van der Waals surface area (Å²) in [6.45, 7) is 0. The van der Waals surface area contributed by atoms with Crippen LogP contribution < -0.4 is 51.4 Å². The molecule has 11 heavy (non-hydrogen) atoms. The second-order valence-corrected chi connectivity index (χ2v) is 1.72. The van der Waals surface area contributed by atoms with E-state index in [1.807, 2.05) is 0 Å². The molecule has 62 valence electrons. The van der Waals surface area contributed by atoms with E-state index in [2.05, 4.69) is 4.18 Å². The molecule has 3 nitrogen and oxygen atoms in total. The monoisotopic (exact) mass is 220 g/mol. The van der Waals surface area contributed by atoms with Crippen LogP contribution in [-0.2, 0) is 15.5 Å². The van der Waals surface area contributed by atoms with E-state index in [4.69, 9.17) is 0 Å². The average molecular weight is 220 g/mol. The molecule has 0 bridgehead atoms. The van der Waals surface area contributed by atoms with E-state index in [0.717, 1.165) is 0 Å². The fourth-order valence-electron chi connectivity index (χ4n) is 0.127. The molecule has 9 heteroatoms. The molecule has 1 atom stereocenters. The van der Waals surface area contributed by atoms with Crippen LogP contribution in [0.1, 0.15) is 0 Å². The van der Waals surface area contributed by atoms with E-state index in [1.54, 1.807) is 0 Å². The topological polar surface area (TPSA) is 49.4 Å². The molecule has 0 aliphatic carbocycles. The van der Waals surface area contributed by atoms with Crippen LogP contribution in [0, 0.1) is 0 Å². The smallest absolute Gasteiger partial charge is 0.750 e. The van der Waals surface area contributed by atoms with Crippen molar-refractivity contribution in [2.24, 2.45) is 0 Å². The van der Waals surface area contributed by atoms with Gasteiger partial charge in [-0.15, -0.1) is 0 Å². The molecule has 0 amide bonds. The van der Waals surface area contributed by atoms with Crippen LogP contribution in [0.4, 0.5) is 17.6 Å². The molecule has 0 aliphatic rings. The van der Waals surface area contributed by atoms with Crippen molar-refractivity contribution in [3.8, 4) is 0 Å². The van der Waals surface area contributed by atoms with Gasteiger partial charge in [0, 0.05) is 0 Å². The van der Waals surface area contributed by atoms with Crippen molar-refractivity contribution in [3.05, 3.63) is 0 Å². The Labute approximate surface area is 104 Å². The first-order chi connectivity index (χ1) is 4.36. The first-order valence-electron chi connectivity index (χ1n) is 1.81. The van der Waals surface area contributed by atoms with Crippen molar-refractivity contribution >= 4 is 11.4 Å². The predicted octanol–water partition coefficient (Wildman–Crippen LogP) is -2.34. The first-order valence-corrected chi connectivity index (χ1v) is 2.81. The summed E-state index contributed by atoms with van der Waals surface area (Å²) in [6, 6.07) is 0. The van der Waals surface area contributed by atoms with Gasteiger partial charge in [-0.05, 0) is 0 Å². The van der Waals surface area contributed by atoms with Crippen molar-refractivity contribution in [1.82, 2.24) is 0 Å². The summed E-state index contributed by atoms with van der Waals surface area (Å²) in [6.07, 6.45) is -9.07. The Kier molecular flexibility index (Phi) is 8.10. The summed E-state index contributed by atoms with van der Waals surface area (Å²) in [5.41, 5.74) is 0. The molecule has 0 aromatic rings. The molecule has 1 unspecified atom stereocenters. The Morgan fingerprint density at radius 2 is 1.82 bits per heavy atom. The molecule has 0 saturated carbocycles. The maximum atomic E-state index is 11.4. The average Bonchev–Trinajstić information content (AvgIpc) is 1.60. The molecule has 0 rings (SSSR count). The molecule has 0 radical (unpaired) electrons. The van der Waals surface area contributed by atoms with E-state index in [9.17, 15) is 26.3 Å². The molecule has 0 saturated heterocycles. The third-order valence-corrected chi connectivity index (χ3v) is 0.791. The maximum Gasteiger partial charge on any atom is 1.00 e. The maximum absolute atomic E-state index is 11.4. The summed E-state index contributed by atoms with van der Waals surface area (Å²) < 4.78 is 66.0. The van der Waals surface area contributed by atoms with Crippen molar-refractivity contribution in [2.75, 3.05) is 0 Å². The minimum Gasteiger partial charge on any atom is -0.750 e. The first kappa shape index (κ1) is 14.9. The Morgan fingerprint density at radius 3 is 1.91 bits per heavy atom. The number of alkyl halides is 4. The van der Waals surface area contributed by atoms with Crippen molar-refractivity contribution in [3.63, 3.8) is 0 Å². The van der Waals surface area contributed by atoms with Gasteiger partial charge in [0.2, 0.25) is 0 Å². The second-order valence-electron chi connectivity index (χ2n) is 1.15. The van der Waals surface area contributed by atoms with Gasteiger partial charge in [0.25, 0.3) is 0 Å². The zero-order valence-electron chi connectivity index (χ0n) is 5.22. The fraction of sp³-hybridized carbons (Fsp3) is 1.00. The summed E-state index contributed by atoms with van der Waals surface area (Å²) >= 11 is -3.64. The Bertz CT molecular complexity index is 141. The fourth-order valence-corrected chi connectivity index (χ4v) is 0.381. The van der Waals surface area contributed by atoms with Crippen LogP contribution in [-0.4, -0.2) is 21.3 Å². The zero-order valence-corrected chi connectivity index (χ0v) is 9.16. The van der Waals surface area contributed by atoms with Gasteiger partial charge in [-0.3, -0.25) is 0 Å². The second kappa shape index (κ2) is 5.97. The molecular formula is C2HF4KO3S. The van der Waals surface area contributed by atoms with Gasteiger partial charge in [0.15, 0.2) is 0 Å². The van der Waals surface area contributed by atoms with Gasteiger partial charge in [0.05, 0.1) is 11.4 Å². The Balaban J connectivity index is 0. The van der Waals surface area contributed by atoms with Gasteiger partial charge in [-0.1, -0.05) is 0 Å². The van der Waals surface area contributed by atoms with Gasteiger partial charge < -0.3 is 4.55 Å². The van der Waals surface area contributed by atoms with Gasteiger partial charge in [0.1, 0.15) is 0 Å². The quantitative estimate of drug-likeness (QED) is 0.304. The van der Waals surface area contributed by atoms with E-state index in [-0.39, 0.29) is 51.4 Å². The SMILES string of the molecule is O=S([O-])OC(F)(F)C(F)F.[K+]. The van der Waals surface area contributed by atoms with Crippen molar-refractivity contribution < 1.29 is 81.9 Å². The number of hydrogen-bond acceptors (Lipinski definition) is 3. The van der Waals surface area contributed by atoms with E-state index < -0.39 is 23.9 Å². The normalized spacial score (nSPS) is 14.4. The molecule has 0 aromatic carbocycles. The van der Waals surface area contributed by atoms with Crippen molar-refractivity contribution in [2.45, 2.75) is 12.5 Å². The standard InChI is InChI=1S/C2H2F4O3S.K/c3-1(4)2(5,6)9-10(7)8;/h1H,(H,7,8);/q;+1/p-1. The Hall–Kier alpha value is 1.43. The molecule has 0 spiro atoms. The Morgan fingerprint density at radius 1 is 1.45 bits per heavy atom. The molecule has 0 heterocycles. The van der Waals surface area contributed by atoms with Gasteiger partial charge in [-0.25, -0.2) is 17.2 Å². The van der Waals surface area contributed by atoms with E-state index >= 15 is 0 Å². The molecule has 0 N–H and O–H groups in total. The molecule has 0 aliphatic heterocycles. The summed E-state index contributed by atoms with van der Waals surface area (Å²) in [5, 5.41) is 0. The summed E-state index contributed by atoms with van der Waals surface area (Å²) in [4.78, 5) is 0. The van der Waals surface area contributed by atoms with E-state index in [1.165, 1.54) is 0 Å². The third-order valence-electron chi connectivity index (χ3n) is 0.433. The van der Waals surface area contributed by atoms with Crippen LogP contribution in [0.5, 0.6) is 0 Å². The van der Waals surface area contributed by atoms with Gasteiger partial charge >= 0.3 is 63.9 Å². The molecular weight excluding hydrogens is 219 g/mol. The van der Waals surface area contributed by atoms with Crippen LogP contribution in [0.3, 0.4) is 0 Å². The molecule has 0 fully saturated rings. The zero-order chi connectivity index (χ0) is 8.36. The molecule has 0 aromatic heterocycles. The van der Waals surface area contributed by atoms with Crippen LogP contribution >= 0.6 is 0 Å². The van der Waals surface area contributed by atoms with Crippen LogP contribution in [0.2, 0.25) is 0 Å². The number of halogens is 4. The minimum absolute atomic E-state index is 0. The largest absolute Gasteiger partial charge is 1.00 e.